The number of carbonyl (C=O) groups excluding carboxylic acids is 1. The Bertz CT molecular complexity index is 559. The third-order valence-corrected chi connectivity index (χ3v) is 4.03. The van der Waals surface area contributed by atoms with Crippen molar-refractivity contribution in [2.45, 2.75) is 45.6 Å². The maximum Gasteiger partial charge on any atom is 0.340 e. The highest BCUT2D eigenvalue weighted by atomic mass is 16.6. The van der Waals surface area contributed by atoms with Gasteiger partial charge in [-0.1, -0.05) is 13.8 Å². The van der Waals surface area contributed by atoms with Crippen LogP contribution in [-0.4, -0.2) is 17.0 Å². The lowest BCUT2D eigenvalue weighted by Gasteiger charge is -2.33. The molecule has 1 aliphatic rings. The number of nitrogens with two attached hydrogens (primary N) is 1. The molecule has 6 heteroatoms. The smallest absolute Gasteiger partial charge is 0.340 e. The number of nitrogens with zero attached hydrogens (tertiary/aromatic N) is 1. The van der Waals surface area contributed by atoms with Gasteiger partial charge in [-0.3, -0.25) is 10.1 Å². The van der Waals surface area contributed by atoms with Gasteiger partial charge in [0.15, 0.2) is 0 Å². The number of hydrogen-bond donors (Lipinski definition) is 1. The van der Waals surface area contributed by atoms with Crippen molar-refractivity contribution in [3.63, 3.8) is 0 Å². The van der Waals surface area contributed by atoms with Crippen LogP contribution < -0.4 is 5.73 Å². The molecule has 114 valence electrons. The molecular formula is C15H20N2O4. The van der Waals surface area contributed by atoms with E-state index in [1.54, 1.807) is 0 Å². The lowest BCUT2D eigenvalue weighted by atomic mass is 9.76. The van der Waals surface area contributed by atoms with Crippen LogP contribution in [0.4, 0.5) is 11.4 Å². The van der Waals surface area contributed by atoms with Crippen molar-refractivity contribution in [2.24, 2.45) is 5.41 Å². The number of nitro groups is 1. The third-order valence-electron chi connectivity index (χ3n) is 4.03. The van der Waals surface area contributed by atoms with Crippen molar-refractivity contribution in [2.75, 3.05) is 5.73 Å². The first-order chi connectivity index (χ1) is 9.78. The fraction of sp³-hybridized carbons (Fsp3) is 0.533. The molecular weight excluding hydrogens is 272 g/mol. The van der Waals surface area contributed by atoms with Gasteiger partial charge >= 0.3 is 5.97 Å². The molecule has 0 unspecified atom stereocenters. The van der Waals surface area contributed by atoms with E-state index in [9.17, 15) is 14.9 Å². The molecule has 21 heavy (non-hydrogen) atoms. The van der Waals surface area contributed by atoms with E-state index in [4.69, 9.17) is 10.5 Å². The number of hydrogen-bond acceptors (Lipinski definition) is 5. The lowest BCUT2D eigenvalue weighted by Crippen LogP contribution is -2.28. The van der Waals surface area contributed by atoms with E-state index in [-0.39, 0.29) is 28.5 Å². The van der Waals surface area contributed by atoms with E-state index in [0.717, 1.165) is 25.7 Å². The van der Waals surface area contributed by atoms with Gasteiger partial charge in [0.25, 0.3) is 5.69 Å². The molecule has 0 spiro atoms. The van der Waals surface area contributed by atoms with Crippen LogP contribution in [0, 0.1) is 15.5 Å². The molecule has 0 saturated heterocycles. The first-order valence-corrected chi connectivity index (χ1v) is 7.03. The van der Waals surface area contributed by atoms with Crippen LogP contribution in [0.5, 0.6) is 0 Å². The van der Waals surface area contributed by atoms with Crippen LogP contribution in [0.25, 0.3) is 0 Å². The molecule has 0 radical (unpaired) electrons. The Kier molecular flexibility index (Phi) is 4.16. The summed E-state index contributed by atoms with van der Waals surface area (Å²) in [6.45, 7) is 4.40. The zero-order valence-electron chi connectivity index (χ0n) is 12.3. The van der Waals surface area contributed by atoms with Crippen molar-refractivity contribution in [3.05, 3.63) is 33.9 Å². The fourth-order valence-corrected chi connectivity index (χ4v) is 2.54. The number of esters is 1. The van der Waals surface area contributed by atoms with Crippen LogP contribution in [-0.2, 0) is 4.74 Å². The molecule has 0 heterocycles. The van der Waals surface area contributed by atoms with E-state index in [1.165, 1.54) is 18.2 Å². The summed E-state index contributed by atoms with van der Waals surface area (Å²) in [6.07, 6.45) is 3.48. The summed E-state index contributed by atoms with van der Waals surface area (Å²) in [7, 11) is 0. The Hall–Kier alpha value is -2.11. The van der Waals surface area contributed by atoms with Crippen molar-refractivity contribution >= 4 is 17.3 Å². The van der Waals surface area contributed by atoms with Crippen molar-refractivity contribution in [1.29, 1.82) is 0 Å². The zero-order valence-corrected chi connectivity index (χ0v) is 12.3. The molecule has 1 aliphatic carbocycles. The lowest BCUT2D eigenvalue weighted by molar-refractivity contribution is -0.384. The molecule has 0 atom stereocenters. The van der Waals surface area contributed by atoms with Crippen LogP contribution in [0.1, 0.15) is 49.9 Å². The van der Waals surface area contributed by atoms with Gasteiger partial charge in [0, 0.05) is 17.8 Å². The van der Waals surface area contributed by atoms with Gasteiger partial charge < -0.3 is 10.5 Å². The van der Waals surface area contributed by atoms with Gasteiger partial charge in [0.1, 0.15) is 6.10 Å². The number of carbonyl (C=O) groups is 1. The summed E-state index contributed by atoms with van der Waals surface area (Å²) in [6, 6.07) is 3.80. The second kappa shape index (κ2) is 5.71. The second-order valence-electron chi connectivity index (χ2n) is 6.30. The molecule has 6 nitrogen and oxygen atoms in total. The topological polar surface area (TPSA) is 95.5 Å². The summed E-state index contributed by atoms with van der Waals surface area (Å²) in [4.78, 5) is 22.4. The maximum atomic E-state index is 12.1. The molecule has 0 bridgehead atoms. The highest BCUT2D eigenvalue weighted by Crippen LogP contribution is 2.36. The van der Waals surface area contributed by atoms with Crippen LogP contribution >= 0.6 is 0 Å². The van der Waals surface area contributed by atoms with Crippen LogP contribution in [0.15, 0.2) is 18.2 Å². The SMILES string of the molecule is CC1(C)CCC(OC(=O)c2cc([N+](=O)[O-])ccc2N)CC1. The first kappa shape index (κ1) is 15.3. The normalized spacial score (nSPS) is 18.2. The van der Waals surface area contributed by atoms with Gasteiger partial charge in [-0.2, -0.15) is 0 Å². The minimum absolute atomic E-state index is 0.0639. The summed E-state index contributed by atoms with van der Waals surface area (Å²) in [5.41, 5.74) is 6.09. The van der Waals surface area contributed by atoms with Crippen molar-refractivity contribution in [1.82, 2.24) is 0 Å². The molecule has 1 fully saturated rings. The van der Waals surface area contributed by atoms with Crippen molar-refractivity contribution in [3.8, 4) is 0 Å². The Morgan fingerprint density at radius 1 is 1.38 bits per heavy atom. The first-order valence-electron chi connectivity index (χ1n) is 7.03. The molecule has 0 amide bonds. The number of anilines is 1. The fourth-order valence-electron chi connectivity index (χ4n) is 2.54. The van der Waals surface area contributed by atoms with Gasteiger partial charge in [-0.15, -0.1) is 0 Å². The highest BCUT2D eigenvalue weighted by molar-refractivity contribution is 5.95. The molecule has 2 rings (SSSR count). The van der Waals surface area contributed by atoms with E-state index in [0.29, 0.717) is 0 Å². The minimum atomic E-state index is -0.582. The van der Waals surface area contributed by atoms with Gasteiger partial charge in [-0.25, -0.2) is 4.79 Å². The highest BCUT2D eigenvalue weighted by Gasteiger charge is 2.29. The quantitative estimate of drug-likeness (QED) is 0.399. The molecule has 1 aromatic rings. The minimum Gasteiger partial charge on any atom is -0.459 e. The third kappa shape index (κ3) is 3.71. The Balaban J connectivity index is 2.07. The zero-order chi connectivity index (χ0) is 15.6. The van der Waals surface area contributed by atoms with Crippen LogP contribution in [0.3, 0.4) is 0 Å². The monoisotopic (exact) mass is 292 g/mol. The second-order valence-corrected chi connectivity index (χ2v) is 6.30. The average Bonchev–Trinajstić information content (AvgIpc) is 2.41. The predicted octanol–water partition coefficient (Wildman–Crippen LogP) is 3.30. The Morgan fingerprint density at radius 2 is 2.00 bits per heavy atom. The molecule has 1 saturated carbocycles. The largest absolute Gasteiger partial charge is 0.459 e. The van der Waals surface area contributed by atoms with E-state index >= 15 is 0 Å². The van der Waals surface area contributed by atoms with Gasteiger partial charge in [0.05, 0.1) is 10.5 Å². The average molecular weight is 292 g/mol. The van der Waals surface area contributed by atoms with E-state index in [1.807, 2.05) is 0 Å². The number of nitrogen functional groups attached to an aromatic ring is 1. The summed E-state index contributed by atoms with van der Waals surface area (Å²) < 4.78 is 5.44. The predicted molar refractivity (Wildman–Crippen MR) is 79.0 cm³/mol. The number of nitro benzene ring substituents is 1. The number of benzene rings is 1. The van der Waals surface area contributed by atoms with Crippen LogP contribution in [0.2, 0.25) is 0 Å². The Labute approximate surface area is 123 Å². The summed E-state index contributed by atoms with van der Waals surface area (Å²) >= 11 is 0. The van der Waals surface area contributed by atoms with Crippen molar-refractivity contribution < 1.29 is 14.5 Å². The Morgan fingerprint density at radius 3 is 2.57 bits per heavy atom. The summed E-state index contributed by atoms with van der Waals surface area (Å²) in [5.74, 6) is -0.582. The number of non-ortho nitro benzene ring substituents is 1. The molecule has 2 N–H and O–H groups in total. The van der Waals surface area contributed by atoms with E-state index in [2.05, 4.69) is 13.8 Å². The number of rotatable bonds is 3. The molecule has 0 aromatic heterocycles. The van der Waals surface area contributed by atoms with Gasteiger partial charge in [0.2, 0.25) is 0 Å². The standard InChI is InChI=1S/C15H20N2O4/c1-15(2)7-5-11(6-8-15)21-14(18)12-9-10(17(19)20)3-4-13(12)16/h3-4,9,11H,5-8,16H2,1-2H3. The summed E-state index contributed by atoms with van der Waals surface area (Å²) in [5, 5.41) is 10.8. The number of ether oxygens (including phenoxy) is 1. The van der Waals surface area contributed by atoms with Gasteiger partial charge in [-0.05, 0) is 37.2 Å². The maximum absolute atomic E-state index is 12.1. The van der Waals surface area contributed by atoms with E-state index < -0.39 is 10.9 Å². The molecule has 1 aromatic carbocycles. The molecule has 0 aliphatic heterocycles.